The Morgan fingerprint density at radius 3 is 2.78 bits per heavy atom. The smallest absolute Gasteiger partial charge is 0.317 e. The Bertz CT molecular complexity index is 345. The minimum Gasteiger partial charge on any atom is -0.468 e. The molecular formula is C12H19NO5. The molecule has 0 aromatic rings. The van der Waals surface area contributed by atoms with Gasteiger partial charge in [0.25, 0.3) is 0 Å². The fourth-order valence-corrected chi connectivity index (χ4v) is 3.03. The van der Waals surface area contributed by atoms with Crippen molar-refractivity contribution in [3.8, 4) is 0 Å². The maximum absolute atomic E-state index is 12.0. The quantitative estimate of drug-likeness (QED) is 0.395. The number of rotatable bonds is 4. The molecule has 3 unspecified atom stereocenters. The highest BCUT2D eigenvalue weighted by molar-refractivity contribution is 6.01. The number of ketones is 1. The highest BCUT2D eigenvalue weighted by atomic mass is 16.7. The van der Waals surface area contributed by atoms with E-state index in [0.717, 1.165) is 6.42 Å². The number of methoxy groups -OCH3 is 2. The Balaban J connectivity index is 2.19. The first-order valence-corrected chi connectivity index (χ1v) is 6.03. The van der Waals surface area contributed by atoms with Crippen LogP contribution in [0.25, 0.3) is 0 Å². The number of nitrogens with zero attached hydrogens (tertiary/aromatic N) is 1. The predicted molar refractivity (Wildman–Crippen MR) is 61.8 cm³/mol. The van der Waals surface area contributed by atoms with Crippen LogP contribution in [-0.2, 0) is 23.8 Å². The third kappa shape index (κ3) is 2.15. The van der Waals surface area contributed by atoms with Gasteiger partial charge in [0.1, 0.15) is 18.5 Å². The normalized spacial score (nSPS) is 35.8. The number of ether oxygens (including phenoxy) is 3. The second kappa shape index (κ2) is 5.34. The van der Waals surface area contributed by atoms with Gasteiger partial charge in [-0.15, -0.1) is 0 Å². The van der Waals surface area contributed by atoms with Gasteiger partial charge in [0.15, 0.2) is 0 Å². The topological polar surface area (TPSA) is 65.1 Å². The number of carbonyl (C=O) groups excluding carboxylic acids is 2. The zero-order valence-corrected chi connectivity index (χ0v) is 10.9. The molecule has 0 spiro atoms. The molecule has 2 heterocycles. The standard InChI is InChI=1S/C12H19NO5/c1-13-7-4-8(14)10(12(15)17-3)11(13)9(5-7)18-6-16-2/h7,9-11H,4-6H2,1-3H3/t7?,9?,10?,11-/m0/s1. The minimum absolute atomic E-state index is 0.0431. The lowest BCUT2D eigenvalue weighted by molar-refractivity contribution is -0.158. The van der Waals surface area contributed by atoms with Crippen molar-refractivity contribution in [1.82, 2.24) is 4.90 Å². The molecule has 6 heteroatoms. The van der Waals surface area contributed by atoms with E-state index in [1.54, 1.807) is 7.11 Å². The van der Waals surface area contributed by atoms with E-state index in [-0.39, 0.29) is 30.8 Å². The molecule has 0 saturated carbocycles. The molecule has 4 atom stereocenters. The molecule has 2 bridgehead atoms. The van der Waals surface area contributed by atoms with Crippen molar-refractivity contribution in [3.05, 3.63) is 0 Å². The lowest BCUT2D eigenvalue weighted by atomic mass is 9.88. The van der Waals surface area contributed by atoms with Crippen LogP contribution in [0.15, 0.2) is 0 Å². The van der Waals surface area contributed by atoms with Crippen LogP contribution in [0.2, 0.25) is 0 Å². The summed E-state index contributed by atoms with van der Waals surface area (Å²) in [7, 11) is 4.78. The van der Waals surface area contributed by atoms with Crippen molar-refractivity contribution in [2.45, 2.75) is 31.0 Å². The lowest BCUT2D eigenvalue weighted by Gasteiger charge is -2.35. The van der Waals surface area contributed by atoms with Gasteiger partial charge in [0, 0.05) is 19.6 Å². The van der Waals surface area contributed by atoms with E-state index < -0.39 is 11.9 Å². The third-order valence-electron chi connectivity index (χ3n) is 3.91. The highest BCUT2D eigenvalue weighted by Gasteiger charge is 2.54. The number of hydrogen-bond acceptors (Lipinski definition) is 6. The summed E-state index contributed by atoms with van der Waals surface area (Å²) in [4.78, 5) is 25.8. The summed E-state index contributed by atoms with van der Waals surface area (Å²) in [5.41, 5.74) is 0. The fourth-order valence-electron chi connectivity index (χ4n) is 3.03. The molecule has 0 aromatic carbocycles. The molecule has 2 aliphatic rings. The first-order chi connectivity index (χ1) is 8.60. The number of piperidine rings is 1. The number of hydrogen-bond donors (Lipinski definition) is 0. The van der Waals surface area contributed by atoms with Crippen LogP contribution in [0.3, 0.4) is 0 Å². The molecule has 2 fully saturated rings. The van der Waals surface area contributed by atoms with E-state index in [0.29, 0.717) is 6.42 Å². The van der Waals surface area contributed by atoms with Gasteiger partial charge < -0.3 is 14.2 Å². The van der Waals surface area contributed by atoms with Crippen molar-refractivity contribution in [1.29, 1.82) is 0 Å². The Hall–Kier alpha value is -0.980. The van der Waals surface area contributed by atoms with E-state index in [1.165, 1.54) is 7.11 Å². The van der Waals surface area contributed by atoms with Crippen LogP contribution in [0.5, 0.6) is 0 Å². The summed E-state index contributed by atoms with van der Waals surface area (Å²) in [5.74, 6) is -1.25. The number of carbonyl (C=O) groups is 2. The number of Topliss-reactive ketones (excluding diaryl/α,β-unsaturated/α-hetero) is 1. The molecule has 2 rings (SSSR count). The molecular weight excluding hydrogens is 238 g/mol. The fraction of sp³-hybridized carbons (Fsp3) is 0.833. The molecule has 0 aromatic heterocycles. The molecule has 102 valence electrons. The Labute approximate surface area is 106 Å². The van der Waals surface area contributed by atoms with Crippen LogP contribution >= 0.6 is 0 Å². The second-order valence-electron chi connectivity index (χ2n) is 4.83. The molecule has 18 heavy (non-hydrogen) atoms. The first kappa shape index (κ1) is 13.5. The summed E-state index contributed by atoms with van der Waals surface area (Å²) in [6.45, 7) is 0.170. The maximum atomic E-state index is 12.0. The van der Waals surface area contributed by atoms with Crippen LogP contribution in [-0.4, -0.2) is 62.9 Å². The summed E-state index contributed by atoms with van der Waals surface area (Å²) in [5, 5.41) is 0. The molecule has 2 saturated heterocycles. The first-order valence-electron chi connectivity index (χ1n) is 6.03. The van der Waals surface area contributed by atoms with Crippen LogP contribution in [0.4, 0.5) is 0 Å². The van der Waals surface area contributed by atoms with Gasteiger partial charge in [-0.1, -0.05) is 0 Å². The zero-order chi connectivity index (χ0) is 13.3. The van der Waals surface area contributed by atoms with Crippen LogP contribution in [0.1, 0.15) is 12.8 Å². The summed E-state index contributed by atoms with van der Waals surface area (Å²) in [6, 6.07) is -0.0795. The molecule has 6 nitrogen and oxygen atoms in total. The average molecular weight is 257 g/mol. The minimum atomic E-state index is -0.736. The summed E-state index contributed by atoms with van der Waals surface area (Å²) in [6.07, 6.45) is 0.985. The summed E-state index contributed by atoms with van der Waals surface area (Å²) < 4.78 is 15.2. The number of esters is 1. The molecule has 2 aliphatic heterocycles. The largest absolute Gasteiger partial charge is 0.468 e. The van der Waals surface area contributed by atoms with Gasteiger partial charge in [0.05, 0.1) is 19.3 Å². The number of fused-ring (bicyclic) bond motifs is 2. The molecule has 0 aliphatic carbocycles. The SMILES string of the molecule is COCOC1CC2CC(=O)C(C(=O)OC)[C@H]1N2C. The van der Waals surface area contributed by atoms with E-state index >= 15 is 0 Å². The van der Waals surface area contributed by atoms with Crippen molar-refractivity contribution < 1.29 is 23.8 Å². The van der Waals surface area contributed by atoms with Gasteiger partial charge in [0.2, 0.25) is 0 Å². The monoisotopic (exact) mass is 257 g/mol. The molecule has 0 amide bonds. The van der Waals surface area contributed by atoms with Gasteiger partial charge >= 0.3 is 5.97 Å². The Kier molecular flexibility index (Phi) is 3.99. The highest BCUT2D eigenvalue weighted by Crippen LogP contribution is 2.38. The van der Waals surface area contributed by atoms with Gasteiger partial charge in [-0.05, 0) is 13.5 Å². The van der Waals surface area contributed by atoms with Crippen LogP contribution < -0.4 is 0 Å². The predicted octanol–water partition coefficient (Wildman–Crippen LogP) is -0.190. The molecule has 0 radical (unpaired) electrons. The van der Waals surface area contributed by atoms with Crippen molar-refractivity contribution in [2.75, 3.05) is 28.1 Å². The average Bonchev–Trinajstić information content (AvgIpc) is 2.56. The molecule has 0 N–H and O–H groups in total. The number of likely N-dealkylation sites (N-methyl/N-ethyl adjacent to an activating group) is 1. The van der Waals surface area contributed by atoms with Crippen molar-refractivity contribution in [3.63, 3.8) is 0 Å². The van der Waals surface area contributed by atoms with E-state index in [4.69, 9.17) is 14.2 Å². The van der Waals surface area contributed by atoms with E-state index in [1.807, 2.05) is 7.05 Å². The summed E-state index contributed by atoms with van der Waals surface area (Å²) >= 11 is 0. The van der Waals surface area contributed by atoms with Gasteiger partial charge in [-0.2, -0.15) is 0 Å². The Morgan fingerprint density at radius 1 is 1.44 bits per heavy atom. The van der Waals surface area contributed by atoms with Gasteiger partial charge in [-0.3, -0.25) is 14.5 Å². The van der Waals surface area contributed by atoms with Crippen molar-refractivity contribution >= 4 is 11.8 Å². The zero-order valence-electron chi connectivity index (χ0n) is 10.9. The third-order valence-corrected chi connectivity index (χ3v) is 3.91. The maximum Gasteiger partial charge on any atom is 0.317 e. The Morgan fingerprint density at radius 2 is 2.17 bits per heavy atom. The lowest BCUT2D eigenvalue weighted by Crippen LogP contribution is -2.53. The second-order valence-corrected chi connectivity index (χ2v) is 4.83. The van der Waals surface area contributed by atoms with E-state index in [2.05, 4.69) is 4.90 Å². The van der Waals surface area contributed by atoms with Gasteiger partial charge in [-0.25, -0.2) is 0 Å². The van der Waals surface area contributed by atoms with Crippen molar-refractivity contribution in [2.24, 2.45) is 5.92 Å². The van der Waals surface area contributed by atoms with E-state index in [9.17, 15) is 9.59 Å². The van der Waals surface area contributed by atoms with Crippen LogP contribution in [0, 0.1) is 5.92 Å².